The van der Waals surface area contributed by atoms with Gasteiger partial charge in [0.05, 0.1) is 10.6 Å². The minimum absolute atomic E-state index is 0.329. The molecule has 100 valence electrons. The average Bonchev–Trinajstić information content (AvgIpc) is 2.82. The summed E-state index contributed by atoms with van der Waals surface area (Å²) in [6.45, 7) is 0. The van der Waals surface area contributed by atoms with Gasteiger partial charge in [-0.3, -0.25) is 0 Å². The van der Waals surface area contributed by atoms with Gasteiger partial charge in [-0.05, 0) is 30.3 Å². The van der Waals surface area contributed by atoms with Gasteiger partial charge in [-0.25, -0.2) is 13.8 Å². The highest BCUT2D eigenvalue weighted by atomic mass is 32.1. The fourth-order valence-corrected chi connectivity index (χ4v) is 2.85. The summed E-state index contributed by atoms with van der Waals surface area (Å²) >= 11 is 1.21. The molecule has 0 saturated heterocycles. The van der Waals surface area contributed by atoms with Crippen molar-refractivity contribution in [2.45, 2.75) is 0 Å². The van der Waals surface area contributed by atoms with E-state index >= 15 is 0 Å². The number of nitrogens with two attached hydrogens (primary N) is 1. The Morgan fingerprint density at radius 2 is 1.65 bits per heavy atom. The predicted molar refractivity (Wildman–Crippen MR) is 77.3 cm³/mol. The summed E-state index contributed by atoms with van der Waals surface area (Å²) in [6.07, 6.45) is 0. The van der Waals surface area contributed by atoms with E-state index in [9.17, 15) is 8.78 Å². The maximum atomic E-state index is 13.9. The minimum Gasteiger partial charge on any atom is -0.375 e. The van der Waals surface area contributed by atoms with Gasteiger partial charge in [-0.1, -0.05) is 29.5 Å². The molecule has 0 bridgehead atoms. The molecule has 0 spiro atoms. The van der Waals surface area contributed by atoms with Crippen LogP contribution in [0.15, 0.2) is 48.5 Å². The van der Waals surface area contributed by atoms with E-state index in [1.165, 1.54) is 29.5 Å². The first-order valence-corrected chi connectivity index (χ1v) is 6.74. The molecule has 3 aromatic rings. The normalized spacial score (nSPS) is 10.7. The van der Waals surface area contributed by atoms with Crippen molar-refractivity contribution >= 4 is 16.5 Å². The molecule has 2 nitrogen and oxygen atoms in total. The molecular formula is C15H10F2N2S. The second-order valence-electron chi connectivity index (χ2n) is 4.22. The zero-order valence-electron chi connectivity index (χ0n) is 10.3. The number of halogens is 2. The Morgan fingerprint density at radius 3 is 2.35 bits per heavy atom. The van der Waals surface area contributed by atoms with Gasteiger partial charge >= 0.3 is 0 Å². The summed E-state index contributed by atoms with van der Waals surface area (Å²) in [5.41, 5.74) is 7.46. The van der Waals surface area contributed by atoms with Gasteiger partial charge in [-0.15, -0.1) is 0 Å². The van der Waals surface area contributed by atoms with Crippen molar-refractivity contribution in [1.29, 1.82) is 0 Å². The summed E-state index contributed by atoms with van der Waals surface area (Å²) in [4.78, 5) is 4.88. The molecule has 0 saturated carbocycles. The lowest BCUT2D eigenvalue weighted by Gasteiger charge is -2.04. The molecule has 0 unspecified atom stereocenters. The van der Waals surface area contributed by atoms with Crippen molar-refractivity contribution < 1.29 is 8.78 Å². The molecule has 2 N–H and O–H groups in total. The van der Waals surface area contributed by atoms with Gasteiger partial charge in [0.2, 0.25) is 0 Å². The van der Waals surface area contributed by atoms with E-state index in [-0.39, 0.29) is 11.6 Å². The van der Waals surface area contributed by atoms with Crippen LogP contribution in [0.25, 0.3) is 21.7 Å². The first-order chi connectivity index (χ1) is 9.65. The molecule has 1 aromatic heterocycles. The van der Waals surface area contributed by atoms with Crippen molar-refractivity contribution in [2.75, 3.05) is 5.73 Å². The van der Waals surface area contributed by atoms with Crippen LogP contribution in [0.1, 0.15) is 0 Å². The lowest BCUT2D eigenvalue weighted by atomic mass is 10.1. The zero-order valence-corrected chi connectivity index (χ0v) is 11.1. The van der Waals surface area contributed by atoms with Crippen LogP contribution in [0.5, 0.6) is 0 Å². The van der Waals surface area contributed by atoms with Crippen LogP contribution in [0, 0.1) is 11.6 Å². The molecule has 0 radical (unpaired) electrons. The predicted octanol–water partition coefficient (Wildman–Crippen LogP) is 4.34. The second-order valence-corrected chi connectivity index (χ2v) is 5.25. The number of hydrogen-bond acceptors (Lipinski definition) is 3. The maximum absolute atomic E-state index is 13.9. The molecule has 1 heterocycles. The average molecular weight is 288 g/mol. The molecule has 0 aliphatic carbocycles. The van der Waals surface area contributed by atoms with Crippen LogP contribution in [-0.4, -0.2) is 4.98 Å². The van der Waals surface area contributed by atoms with Crippen molar-refractivity contribution in [3.63, 3.8) is 0 Å². The Balaban J connectivity index is 2.18. The fourth-order valence-electron chi connectivity index (χ4n) is 1.97. The summed E-state index contributed by atoms with van der Waals surface area (Å²) < 4.78 is 26.9. The standard InChI is InChI=1S/C15H10F2N2S/c16-10-7-5-9(6-8-10)13-14(20-15(18)19-13)11-3-1-2-4-12(11)17/h1-8H,(H2,18,19). The molecule has 0 amide bonds. The minimum atomic E-state index is -0.334. The fraction of sp³-hybridized carbons (Fsp3) is 0. The lowest BCUT2D eigenvalue weighted by Crippen LogP contribution is -1.86. The maximum Gasteiger partial charge on any atom is 0.181 e. The Kier molecular flexibility index (Phi) is 3.20. The van der Waals surface area contributed by atoms with Gasteiger partial charge in [-0.2, -0.15) is 0 Å². The Bertz CT molecular complexity index is 751. The number of nitrogens with zero attached hydrogens (tertiary/aromatic N) is 1. The van der Waals surface area contributed by atoms with Crippen molar-refractivity contribution in [3.05, 3.63) is 60.2 Å². The van der Waals surface area contributed by atoms with Gasteiger partial charge in [0.1, 0.15) is 11.6 Å². The third-order valence-electron chi connectivity index (χ3n) is 2.88. The molecular weight excluding hydrogens is 278 g/mol. The van der Waals surface area contributed by atoms with E-state index in [4.69, 9.17) is 5.73 Å². The highest BCUT2D eigenvalue weighted by Gasteiger charge is 2.16. The van der Waals surface area contributed by atoms with E-state index in [1.807, 2.05) is 0 Å². The van der Waals surface area contributed by atoms with Gasteiger partial charge < -0.3 is 5.73 Å². The highest BCUT2D eigenvalue weighted by Crippen LogP contribution is 2.38. The van der Waals surface area contributed by atoms with Gasteiger partial charge in [0.25, 0.3) is 0 Å². The number of thiazole rings is 1. The smallest absolute Gasteiger partial charge is 0.181 e. The van der Waals surface area contributed by atoms with Crippen LogP contribution in [0.3, 0.4) is 0 Å². The number of nitrogen functional groups attached to an aromatic ring is 1. The Hall–Kier alpha value is -2.27. The molecule has 5 heteroatoms. The quantitative estimate of drug-likeness (QED) is 0.762. The molecule has 0 atom stereocenters. The third-order valence-corrected chi connectivity index (χ3v) is 3.80. The molecule has 0 aliphatic rings. The Morgan fingerprint density at radius 1 is 0.950 bits per heavy atom. The van der Waals surface area contributed by atoms with Crippen LogP contribution in [-0.2, 0) is 0 Å². The van der Waals surface area contributed by atoms with Crippen LogP contribution in [0.2, 0.25) is 0 Å². The molecule has 0 aliphatic heterocycles. The molecule has 3 rings (SSSR count). The summed E-state index contributed by atoms with van der Waals surface area (Å²) in [5.74, 6) is -0.663. The second kappa shape index (κ2) is 5.02. The van der Waals surface area contributed by atoms with Crippen LogP contribution >= 0.6 is 11.3 Å². The van der Waals surface area contributed by atoms with Crippen molar-refractivity contribution in [1.82, 2.24) is 4.98 Å². The summed E-state index contributed by atoms with van der Waals surface area (Å²) in [7, 11) is 0. The summed E-state index contributed by atoms with van der Waals surface area (Å²) in [5, 5.41) is 0.350. The zero-order chi connectivity index (χ0) is 14.1. The molecule has 2 aromatic carbocycles. The van der Waals surface area contributed by atoms with E-state index < -0.39 is 0 Å². The molecule has 0 fully saturated rings. The number of anilines is 1. The SMILES string of the molecule is Nc1nc(-c2ccc(F)cc2)c(-c2ccccc2F)s1. The number of aromatic nitrogens is 1. The topological polar surface area (TPSA) is 38.9 Å². The first kappa shape index (κ1) is 12.7. The van der Waals surface area contributed by atoms with Crippen LogP contribution < -0.4 is 5.73 Å². The number of hydrogen-bond donors (Lipinski definition) is 1. The van der Waals surface area contributed by atoms with E-state index in [0.717, 1.165) is 0 Å². The summed E-state index contributed by atoms with van der Waals surface area (Å²) in [6, 6.07) is 12.3. The van der Waals surface area contributed by atoms with Crippen LogP contribution in [0.4, 0.5) is 13.9 Å². The molecule has 20 heavy (non-hydrogen) atoms. The number of benzene rings is 2. The Labute approximate surface area is 118 Å². The first-order valence-electron chi connectivity index (χ1n) is 5.92. The number of rotatable bonds is 2. The van der Waals surface area contributed by atoms with Gasteiger partial charge in [0, 0.05) is 11.1 Å². The largest absolute Gasteiger partial charge is 0.375 e. The van der Waals surface area contributed by atoms with Crippen molar-refractivity contribution in [2.24, 2.45) is 0 Å². The van der Waals surface area contributed by atoms with E-state index in [2.05, 4.69) is 4.98 Å². The monoisotopic (exact) mass is 288 g/mol. The third kappa shape index (κ3) is 2.28. The van der Waals surface area contributed by atoms with Gasteiger partial charge in [0.15, 0.2) is 5.13 Å². The van der Waals surface area contributed by atoms with E-state index in [1.54, 1.807) is 30.3 Å². The lowest BCUT2D eigenvalue weighted by molar-refractivity contribution is 0.628. The van der Waals surface area contributed by atoms with E-state index in [0.29, 0.717) is 26.8 Å². The highest BCUT2D eigenvalue weighted by molar-refractivity contribution is 7.19. The van der Waals surface area contributed by atoms with Crippen molar-refractivity contribution in [3.8, 4) is 21.7 Å².